The van der Waals surface area contributed by atoms with Crippen LogP contribution in [0.1, 0.15) is 0 Å². The van der Waals surface area contributed by atoms with E-state index >= 15 is 0 Å². The molecule has 0 saturated carbocycles. The van der Waals surface area contributed by atoms with Crippen molar-refractivity contribution >= 4 is 17.9 Å². The Kier molecular flexibility index (Phi) is 3.96. The number of methoxy groups -OCH3 is 1. The van der Waals surface area contributed by atoms with Crippen molar-refractivity contribution in [2.45, 2.75) is 0 Å². The fraction of sp³-hybridized carbons (Fsp3) is 0.571. The van der Waals surface area contributed by atoms with E-state index in [1.54, 1.807) is 25.1 Å². The molecule has 0 radical (unpaired) electrons. The van der Waals surface area contributed by atoms with Gasteiger partial charge in [0.15, 0.2) is 0 Å². The molecule has 1 aliphatic rings. The van der Waals surface area contributed by atoms with Gasteiger partial charge < -0.3 is 9.47 Å². The topological polar surface area (TPSA) is 38.8 Å². The van der Waals surface area contributed by atoms with Gasteiger partial charge in [0, 0.05) is 13.3 Å². The highest BCUT2D eigenvalue weighted by molar-refractivity contribution is 8.02. The van der Waals surface area contributed by atoms with Crippen LogP contribution in [0, 0.1) is 0 Å². The molecule has 0 spiro atoms. The maximum absolute atomic E-state index is 11.1. The summed E-state index contributed by atoms with van der Waals surface area (Å²) in [4.78, 5) is 12.6. The molecule has 1 heterocycles. The normalized spacial score (nSPS) is 15.2. The molecule has 1 aliphatic heterocycles. The van der Waals surface area contributed by atoms with Crippen LogP contribution in [-0.2, 0) is 9.47 Å². The van der Waals surface area contributed by atoms with Crippen LogP contribution in [0.25, 0.3) is 0 Å². The second-order valence-corrected chi connectivity index (χ2v) is 3.02. The largest absolute Gasteiger partial charge is 0.447 e. The average Bonchev–Trinajstić information content (AvgIpc) is 2.56. The predicted molar refractivity (Wildman–Crippen MR) is 46.7 cm³/mol. The molecule has 0 fully saturated rings. The Bertz CT molecular complexity index is 183. The van der Waals surface area contributed by atoms with E-state index in [9.17, 15) is 4.79 Å². The van der Waals surface area contributed by atoms with Crippen LogP contribution in [0.15, 0.2) is 11.6 Å². The van der Waals surface area contributed by atoms with E-state index in [-0.39, 0.29) is 6.09 Å². The summed E-state index contributed by atoms with van der Waals surface area (Å²) in [5.41, 5.74) is 0. The van der Waals surface area contributed by atoms with Crippen molar-refractivity contribution in [3.8, 4) is 0 Å². The van der Waals surface area contributed by atoms with Crippen molar-refractivity contribution in [3.63, 3.8) is 0 Å². The molecule has 0 unspecified atom stereocenters. The number of hydrogen-bond acceptors (Lipinski definition) is 4. The molecule has 68 valence electrons. The summed E-state index contributed by atoms with van der Waals surface area (Å²) in [5, 5.41) is 1.86. The zero-order valence-electron chi connectivity index (χ0n) is 6.86. The number of hydrogen-bond donors (Lipinski definition) is 0. The molecule has 0 N–H and O–H groups in total. The first-order valence-corrected chi connectivity index (χ1v) is 4.60. The summed E-state index contributed by atoms with van der Waals surface area (Å²) < 4.78 is 9.60. The Hall–Kier alpha value is -0.680. The van der Waals surface area contributed by atoms with Gasteiger partial charge in [0.05, 0.1) is 12.5 Å². The first-order chi connectivity index (χ1) is 5.84. The number of rotatable bonds is 3. The lowest BCUT2D eigenvalue weighted by atomic mass is 10.7. The first kappa shape index (κ1) is 9.41. The predicted octanol–water partition coefficient (Wildman–Crippen LogP) is 1.25. The molecule has 0 bridgehead atoms. The fourth-order valence-electron chi connectivity index (χ4n) is 0.692. The van der Waals surface area contributed by atoms with Gasteiger partial charge in [0.25, 0.3) is 0 Å². The van der Waals surface area contributed by atoms with Crippen LogP contribution in [-0.4, -0.2) is 37.2 Å². The molecule has 0 saturated heterocycles. The quantitative estimate of drug-likeness (QED) is 0.626. The lowest BCUT2D eigenvalue weighted by Crippen LogP contribution is -2.25. The molecule has 0 aromatic heterocycles. The van der Waals surface area contributed by atoms with Gasteiger partial charge in [-0.05, 0) is 5.41 Å². The highest BCUT2D eigenvalue weighted by Crippen LogP contribution is 2.15. The number of carbonyl (C=O) groups is 1. The Morgan fingerprint density at radius 2 is 2.50 bits per heavy atom. The van der Waals surface area contributed by atoms with E-state index in [4.69, 9.17) is 9.47 Å². The van der Waals surface area contributed by atoms with E-state index in [2.05, 4.69) is 0 Å². The Labute approximate surface area is 75.5 Å². The fourth-order valence-corrected chi connectivity index (χ4v) is 1.36. The second-order valence-electron chi connectivity index (χ2n) is 2.16. The molecular weight excluding hydrogens is 178 g/mol. The van der Waals surface area contributed by atoms with Crippen LogP contribution in [0.4, 0.5) is 4.79 Å². The molecular formula is C7H11NO3S. The van der Waals surface area contributed by atoms with Crippen LogP contribution < -0.4 is 0 Å². The van der Waals surface area contributed by atoms with Gasteiger partial charge >= 0.3 is 6.09 Å². The highest BCUT2D eigenvalue weighted by Gasteiger charge is 2.14. The van der Waals surface area contributed by atoms with E-state index in [0.29, 0.717) is 19.1 Å². The standard InChI is InChI=1S/C7H11NO3S/c1-10-3-4-11-7(9)8-2-5-12-6-8/h2,5H,3-4,6H2,1H3. The minimum absolute atomic E-state index is 0.310. The zero-order chi connectivity index (χ0) is 8.81. The minimum atomic E-state index is -0.312. The number of thioether (sulfide) groups is 1. The van der Waals surface area contributed by atoms with E-state index in [0.717, 1.165) is 0 Å². The highest BCUT2D eigenvalue weighted by atomic mass is 32.2. The second kappa shape index (κ2) is 5.05. The minimum Gasteiger partial charge on any atom is -0.447 e. The third-order valence-electron chi connectivity index (χ3n) is 1.30. The van der Waals surface area contributed by atoms with E-state index in [1.165, 1.54) is 4.90 Å². The van der Waals surface area contributed by atoms with Crippen molar-refractivity contribution < 1.29 is 14.3 Å². The van der Waals surface area contributed by atoms with Crippen molar-refractivity contribution in [2.75, 3.05) is 26.2 Å². The molecule has 1 amide bonds. The van der Waals surface area contributed by atoms with Gasteiger partial charge in [0.2, 0.25) is 0 Å². The summed E-state index contributed by atoms with van der Waals surface area (Å²) >= 11 is 1.56. The number of nitrogens with zero attached hydrogens (tertiary/aromatic N) is 1. The third-order valence-corrected chi connectivity index (χ3v) is 2.04. The van der Waals surface area contributed by atoms with Crippen LogP contribution >= 0.6 is 11.8 Å². The van der Waals surface area contributed by atoms with Crippen molar-refractivity contribution in [2.24, 2.45) is 0 Å². The number of amides is 1. The van der Waals surface area contributed by atoms with Crippen molar-refractivity contribution in [1.29, 1.82) is 0 Å². The molecule has 4 nitrogen and oxygen atoms in total. The third kappa shape index (κ3) is 2.75. The number of ether oxygens (including phenoxy) is 2. The van der Waals surface area contributed by atoms with Crippen LogP contribution in [0.5, 0.6) is 0 Å². The molecule has 1 rings (SSSR count). The maximum Gasteiger partial charge on any atom is 0.414 e. The summed E-state index contributed by atoms with van der Waals surface area (Å²) in [6, 6.07) is 0. The van der Waals surface area contributed by atoms with Gasteiger partial charge in [-0.15, -0.1) is 11.8 Å². The monoisotopic (exact) mass is 189 g/mol. The Balaban J connectivity index is 2.14. The molecule has 0 aromatic carbocycles. The van der Waals surface area contributed by atoms with Crippen LogP contribution in [0.3, 0.4) is 0 Å². The molecule has 0 aromatic rings. The molecule has 12 heavy (non-hydrogen) atoms. The summed E-state index contributed by atoms with van der Waals surface area (Å²) in [5.74, 6) is 0.645. The van der Waals surface area contributed by atoms with Crippen molar-refractivity contribution in [1.82, 2.24) is 4.90 Å². The SMILES string of the molecule is COCCOC(=O)N1C=CSC1. The van der Waals surface area contributed by atoms with Crippen molar-refractivity contribution in [3.05, 3.63) is 11.6 Å². The van der Waals surface area contributed by atoms with Gasteiger partial charge in [0.1, 0.15) is 6.61 Å². The smallest absolute Gasteiger partial charge is 0.414 e. The van der Waals surface area contributed by atoms with E-state index in [1.807, 2.05) is 5.41 Å². The maximum atomic E-state index is 11.1. The average molecular weight is 189 g/mol. The summed E-state index contributed by atoms with van der Waals surface area (Å²) in [7, 11) is 1.57. The lowest BCUT2D eigenvalue weighted by Gasteiger charge is -2.11. The van der Waals surface area contributed by atoms with E-state index < -0.39 is 0 Å². The lowest BCUT2D eigenvalue weighted by molar-refractivity contribution is 0.0843. The van der Waals surface area contributed by atoms with Gasteiger partial charge in [-0.25, -0.2) is 4.79 Å². The summed E-state index contributed by atoms with van der Waals surface area (Å²) in [6.07, 6.45) is 1.40. The molecule has 0 atom stereocenters. The Morgan fingerprint density at radius 1 is 1.67 bits per heavy atom. The molecule has 5 heteroatoms. The molecule has 0 aliphatic carbocycles. The summed E-state index contributed by atoms with van der Waals surface area (Å²) in [6.45, 7) is 0.751. The Morgan fingerprint density at radius 3 is 3.08 bits per heavy atom. The zero-order valence-corrected chi connectivity index (χ0v) is 7.67. The van der Waals surface area contributed by atoms with Crippen LogP contribution in [0.2, 0.25) is 0 Å². The van der Waals surface area contributed by atoms with Gasteiger partial charge in [-0.1, -0.05) is 0 Å². The van der Waals surface area contributed by atoms with Gasteiger partial charge in [-0.3, -0.25) is 4.90 Å². The van der Waals surface area contributed by atoms with Gasteiger partial charge in [-0.2, -0.15) is 0 Å². The number of carbonyl (C=O) groups excluding carboxylic acids is 1. The first-order valence-electron chi connectivity index (χ1n) is 3.55.